The second-order valence-corrected chi connectivity index (χ2v) is 8.45. The number of benzene rings is 2. The van der Waals surface area contributed by atoms with Crippen LogP contribution >= 0.6 is 11.3 Å². The van der Waals surface area contributed by atoms with Crippen molar-refractivity contribution in [2.45, 2.75) is 13.0 Å². The van der Waals surface area contributed by atoms with Gasteiger partial charge in [-0.3, -0.25) is 9.59 Å². The minimum atomic E-state index is -0.720. The van der Waals surface area contributed by atoms with Gasteiger partial charge in [0.15, 0.2) is 0 Å². The molecule has 0 saturated heterocycles. The average Bonchev–Trinajstić information content (AvgIpc) is 3.24. The molecule has 31 heavy (non-hydrogen) atoms. The molecule has 0 saturated carbocycles. The molecule has 4 aromatic rings. The normalized spacial score (nSPS) is 16.0. The fourth-order valence-corrected chi connectivity index (χ4v) is 4.79. The third kappa shape index (κ3) is 3.43. The molecule has 2 aromatic heterocycles. The number of amides is 2. The first-order valence-electron chi connectivity index (χ1n) is 9.79. The van der Waals surface area contributed by atoms with Gasteiger partial charge in [0.25, 0.3) is 5.91 Å². The van der Waals surface area contributed by atoms with Crippen LogP contribution in [0, 0.1) is 6.92 Å². The van der Waals surface area contributed by atoms with Gasteiger partial charge in [-0.2, -0.15) is 0 Å². The first-order valence-corrected chi connectivity index (χ1v) is 10.7. The lowest BCUT2D eigenvalue weighted by atomic mass is 9.99. The number of carbonyl (C=O) groups is 2. The minimum Gasteiger partial charge on any atom is -0.422 e. The monoisotopic (exact) mass is 430 g/mol. The number of para-hydroxylation sites is 1. The number of rotatable bonds is 2. The van der Waals surface area contributed by atoms with E-state index in [-0.39, 0.29) is 18.0 Å². The first kappa shape index (κ1) is 19.3. The highest BCUT2D eigenvalue weighted by atomic mass is 32.1. The van der Waals surface area contributed by atoms with Gasteiger partial charge in [-0.15, -0.1) is 11.3 Å². The highest BCUT2D eigenvalue weighted by Gasteiger charge is 2.35. The number of fused-ring (bicyclic) bond motifs is 2. The van der Waals surface area contributed by atoms with Crippen LogP contribution in [0.5, 0.6) is 0 Å². The summed E-state index contributed by atoms with van der Waals surface area (Å²) >= 11 is 1.50. The topological polar surface area (TPSA) is 79.6 Å². The molecule has 0 bridgehead atoms. The van der Waals surface area contributed by atoms with E-state index in [1.54, 1.807) is 18.2 Å². The van der Waals surface area contributed by atoms with Crippen LogP contribution in [0.1, 0.15) is 32.4 Å². The number of aryl methyl sites for hydroxylation is 1. The Morgan fingerprint density at radius 3 is 2.74 bits per heavy atom. The molecule has 1 unspecified atom stereocenters. The SMILES string of the molecule is Cc1ccc2c(c1)C(c1cccs1)N(C(=O)c1cc3ccccc3oc1=O)CC(=O)N2. The number of anilines is 1. The maximum atomic E-state index is 13.7. The van der Waals surface area contributed by atoms with Gasteiger partial charge in [-0.25, -0.2) is 4.79 Å². The van der Waals surface area contributed by atoms with Gasteiger partial charge in [0, 0.05) is 21.5 Å². The summed E-state index contributed by atoms with van der Waals surface area (Å²) in [5.74, 6) is -0.856. The molecule has 5 rings (SSSR count). The van der Waals surface area contributed by atoms with Gasteiger partial charge in [0.05, 0.1) is 6.04 Å². The molecule has 0 aliphatic carbocycles. The maximum absolute atomic E-state index is 13.7. The summed E-state index contributed by atoms with van der Waals surface area (Å²) < 4.78 is 5.38. The lowest BCUT2D eigenvalue weighted by Gasteiger charge is -2.29. The smallest absolute Gasteiger partial charge is 0.349 e. The average molecular weight is 430 g/mol. The van der Waals surface area contributed by atoms with Crippen molar-refractivity contribution in [3.05, 3.63) is 98.0 Å². The molecule has 2 amide bonds. The quantitative estimate of drug-likeness (QED) is 0.480. The highest BCUT2D eigenvalue weighted by molar-refractivity contribution is 7.10. The summed E-state index contributed by atoms with van der Waals surface area (Å²) in [4.78, 5) is 41.4. The number of carbonyl (C=O) groups excluding carboxylic acids is 2. The number of nitrogens with zero attached hydrogens (tertiary/aromatic N) is 1. The first-order chi connectivity index (χ1) is 15.0. The predicted molar refractivity (Wildman–Crippen MR) is 119 cm³/mol. The van der Waals surface area contributed by atoms with E-state index >= 15 is 0 Å². The maximum Gasteiger partial charge on any atom is 0.349 e. The van der Waals surface area contributed by atoms with E-state index < -0.39 is 17.6 Å². The molecule has 1 aliphatic heterocycles. The van der Waals surface area contributed by atoms with E-state index in [1.807, 2.05) is 48.7 Å². The Morgan fingerprint density at radius 2 is 1.94 bits per heavy atom. The highest BCUT2D eigenvalue weighted by Crippen LogP contribution is 2.38. The number of hydrogen-bond donors (Lipinski definition) is 1. The van der Waals surface area contributed by atoms with E-state index in [0.29, 0.717) is 16.7 Å². The molecule has 1 aliphatic rings. The van der Waals surface area contributed by atoms with Gasteiger partial charge < -0.3 is 14.6 Å². The Hall–Kier alpha value is -3.71. The van der Waals surface area contributed by atoms with Crippen molar-refractivity contribution < 1.29 is 14.0 Å². The van der Waals surface area contributed by atoms with Gasteiger partial charge in [-0.1, -0.05) is 42.0 Å². The zero-order valence-corrected chi connectivity index (χ0v) is 17.4. The summed E-state index contributed by atoms with van der Waals surface area (Å²) in [5, 5.41) is 5.47. The second-order valence-electron chi connectivity index (χ2n) is 7.48. The van der Waals surface area contributed by atoms with Crippen molar-refractivity contribution in [1.29, 1.82) is 0 Å². The van der Waals surface area contributed by atoms with Crippen molar-refractivity contribution in [3.8, 4) is 0 Å². The third-order valence-electron chi connectivity index (χ3n) is 5.35. The summed E-state index contributed by atoms with van der Waals surface area (Å²) in [5.41, 5.74) is 2.08. The zero-order valence-electron chi connectivity index (χ0n) is 16.6. The van der Waals surface area contributed by atoms with Crippen LogP contribution in [0.25, 0.3) is 11.0 Å². The largest absolute Gasteiger partial charge is 0.422 e. The van der Waals surface area contributed by atoms with Crippen molar-refractivity contribution in [2.24, 2.45) is 0 Å². The molecule has 0 radical (unpaired) electrons. The molecule has 154 valence electrons. The molecule has 1 N–H and O–H groups in total. The van der Waals surface area contributed by atoms with E-state index in [2.05, 4.69) is 5.32 Å². The van der Waals surface area contributed by atoms with Gasteiger partial charge in [0.1, 0.15) is 17.7 Å². The molecule has 7 heteroatoms. The molecule has 2 aromatic carbocycles. The summed E-state index contributed by atoms with van der Waals surface area (Å²) in [6, 6.07) is 17.6. The molecule has 1 atom stereocenters. The Kier molecular flexibility index (Phi) is 4.67. The molecule has 0 spiro atoms. The van der Waals surface area contributed by atoms with E-state index in [4.69, 9.17) is 4.42 Å². The van der Waals surface area contributed by atoms with Crippen molar-refractivity contribution in [3.63, 3.8) is 0 Å². The van der Waals surface area contributed by atoms with Crippen LogP contribution in [0.3, 0.4) is 0 Å². The lowest BCUT2D eigenvalue weighted by molar-refractivity contribution is -0.117. The van der Waals surface area contributed by atoms with Crippen molar-refractivity contribution in [2.75, 3.05) is 11.9 Å². The van der Waals surface area contributed by atoms with E-state index in [0.717, 1.165) is 16.0 Å². The van der Waals surface area contributed by atoms with Crippen molar-refractivity contribution >= 4 is 39.8 Å². The fourth-order valence-electron chi connectivity index (χ4n) is 3.93. The molecular formula is C24H18N2O4S. The van der Waals surface area contributed by atoms with E-state index in [1.165, 1.54) is 22.3 Å². The third-order valence-corrected chi connectivity index (χ3v) is 6.27. The second kappa shape index (κ2) is 7.52. The number of nitrogens with one attached hydrogen (secondary N) is 1. The van der Waals surface area contributed by atoms with Crippen molar-refractivity contribution in [1.82, 2.24) is 4.90 Å². The van der Waals surface area contributed by atoms with Crippen LogP contribution in [0.4, 0.5) is 5.69 Å². The molecular weight excluding hydrogens is 412 g/mol. The van der Waals surface area contributed by atoms with E-state index in [9.17, 15) is 14.4 Å². The molecule has 3 heterocycles. The van der Waals surface area contributed by atoms with Crippen LogP contribution in [-0.2, 0) is 4.79 Å². The predicted octanol–water partition coefficient (Wildman–Crippen LogP) is 4.35. The Balaban J connectivity index is 1.69. The Bertz CT molecular complexity index is 1370. The number of hydrogen-bond acceptors (Lipinski definition) is 5. The van der Waals surface area contributed by atoms with Gasteiger partial charge in [0.2, 0.25) is 5.91 Å². The van der Waals surface area contributed by atoms with Crippen LogP contribution in [0.2, 0.25) is 0 Å². The Morgan fingerprint density at radius 1 is 1.10 bits per heavy atom. The minimum absolute atomic E-state index is 0.0934. The van der Waals surface area contributed by atoms with Gasteiger partial charge in [-0.05, 0) is 36.6 Å². The fraction of sp³-hybridized carbons (Fsp3) is 0.125. The van der Waals surface area contributed by atoms with Gasteiger partial charge >= 0.3 is 5.63 Å². The zero-order chi connectivity index (χ0) is 21.5. The van der Waals surface area contributed by atoms with Crippen LogP contribution in [-0.4, -0.2) is 23.3 Å². The lowest BCUT2D eigenvalue weighted by Crippen LogP contribution is -2.40. The molecule has 6 nitrogen and oxygen atoms in total. The number of thiophene rings is 1. The summed E-state index contributed by atoms with van der Waals surface area (Å²) in [6.45, 7) is 1.78. The van der Waals surface area contributed by atoms with Crippen LogP contribution in [0.15, 0.2) is 75.3 Å². The standard InChI is InChI=1S/C24H18N2O4S/c1-14-8-9-18-16(11-14)22(20-7-4-10-31-20)26(13-21(27)25-18)23(28)17-12-15-5-2-3-6-19(15)30-24(17)29/h2-12,22H,13H2,1H3,(H,25,27). The van der Waals surface area contributed by atoms with Crippen LogP contribution < -0.4 is 10.9 Å². The Labute approximate surface area is 181 Å². The molecule has 0 fully saturated rings. The summed E-state index contributed by atoms with van der Waals surface area (Å²) in [6.07, 6.45) is 0. The summed E-state index contributed by atoms with van der Waals surface area (Å²) in [7, 11) is 0.